The van der Waals surface area contributed by atoms with Gasteiger partial charge in [0.1, 0.15) is 0 Å². The first kappa shape index (κ1) is 21.7. The van der Waals surface area contributed by atoms with Crippen molar-refractivity contribution >= 4 is 5.96 Å². The van der Waals surface area contributed by atoms with Crippen LogP contribution in [0.5, 0.6) is 0 Å². The summed E-state index contributed by atoms with van der Waals surface area (Å²) in [6.07, 6.45) is 2.31. The molecular weight excluding hydrogens is 334 g/mol. The van der Waals surface area contributed by atoms with Crippen molar-refractivity contribution < 1.29 is 0 Å². The predicted octanol–water partition coefficient (Wildman–Crippen LogP) is 3.16. The Balaban J connectivity index is 1.79. The second-order valence-electron chi connectivity index (χ2n) is 8.48. The monoisotopic (exact) mass is 373 g/mol. The number of benzene rings is 1. The van der Waals surface area contributed by atoms with Crippen molar-refractivity contribution in [2.75, 3.05) is 32.7 Å². The molecule has 0 amide bonds. The van der Waals surface area contributed by atoms with Gasteiger partial charge < -0.3 is 16.0 Å². The van der Waals surface area contributed by atoms with E-state index in [4.69, 9.17) is 4.99 Å². The zero-order chi connectivity index (χ0) is 19.7. The Kier molecular flexibility index (Phi) is 8.58. The highest BCUT2D eigenvalue weighted by Crippen LogP contribution is 2.23. The van der Waals surface area contributed by atoms with Crippen molar-refractivity contribution in [1.82, 2.24) is 20.9 Å². The normalized spacial score (nSPS) is 18.3. The fourth-order valence-corrected chi connectivity index (χ4v) is 3.49. The molecule has 152 valence electrons. The first-order valence-electron chi connectivity index (χ1n) is 10.5. The Morgan fingerprint density at radius 2 is 1.85 bits per heavy atom. The van der Waals surface area contributed by atoms with Crippen molar-refractivity contribution in [2.24, 2.45) is 4.99 Å². The number of likely N-dealkylation sites (tertiary alicyclic amines) is 1. The molecule has 5 nitrogen and oxygen atoms in total. The minimum absolute atomic E-state index is 0.142. The maximum atomic E-state index is 4.73. The van der Waals surface area contributed by atoms with Gasteiger partial charge in [-0.15, -0.1) is 0 Å². The molecule has 0 radical (unpaired) electrons. The van der Waals surface area contributed by atoms with Crippen molar-refractivity contribution in [3.63, 3.8) is 0 Å². The van der Waals surface area contributed by atoms with Crippen LogP contribution in [0, 0.1) is 0 Å². The van der Waals surface area contributed by atoms with Crippen LogP contribution in [-0.2, 0) is 0 Å². The molecule has 1 saturated heterocycles. The summed E-state index contributed by atoms with van der Waals surface area (Å²) < 4.78 is 0. The molecule has 0 spiro atoms. The first-order valence-corrected chi connectivity index (χ1v) is 10.5. The van der Waals surface area contributed by atoms with Crippen molar-refractivity contribution in [3.8, 4) is 0 Å². The van der Waals surface area contributed by atoms with E-state index in [9.17, 15) is 0 Å². The highest BCUT2D eigenvalue weighted by molar-refractivity contribution is 5.80. The van der Waals surface area contributed by atoms with Gasteiger partial charge in [-0.05, 0) is 53.0 Å². The topological polar surface area (TPSA) is 51.7 Å². The van der Waals surface area contributed by atoms with Crippen LogP contribution in [0.25, 0.3) is 0 Å². The van der Waals surface area contributed by atoms with Gasteiger partial charge in [0, 0.05) is 43.8 Å². The van der Waals surface area contributed by atoms with Gasteiger partial charge in [-0.3, -0.25) is 9.89 Å². The van der Waals surface area contributed by atoms with Crippen LogP contribution in [0.4, 0.5) is 0 Å². The molecule has 2 rings (SSSR count). The molecule has 1 aliphatic rings. The summed E-state index contributed by atoms with van der Waals surface area (Å²) in [5, 5.41) is 10.5. The van der Waals surface area contributed by atoms with E-state index in [1.807, 2.05) is 0 Å². The molecule has 1 heterocycles. The summed E-state index contributed by atoms with van der Waals surface area (Å²) in [5.74, 6) is 0.947. The molecule has 0 saturated carbocycles. The van der Waals surface area contributed by atoms with Crippen LogP contribution >= 0.6 is 0 Å². The van der Waals surface area contributed by atoms with E-state index in [2.05, 4.69) is 85.8 Å². The van der Waals surface area contributed by atoms with Gasteiger partial charge in [-0.1, -0.05) is 30.3 Å². The molecule has 1 unspecified atom stereocenters. The van der Waals surface area contributed by atoms with Gasteiger partial charge in [-0.2, -0.15) is 0 Å². The third-order valence-electron chi connectivity index (χ3n) is 5.08. The average molecular weight is 374 g/mol. The third kappa shape index (κ3) is 7.89. The van der Waals surface area contributed by atoms with Gasteiger partial charge in [0.2, 0.25) is 0 Å². The number of guanidine groups is 1. The molecule has 0 aromatic heterocycles. The Bertz CT molecular complexity index is 556. The summed E-state index contributed by atoms with van der Waals surface area (Å²) in [5.41, 5.74) is 1.55. The first-order chi connectivity index (χ1) is 12.9. The number of aliphatic imine (C=N–C) groups is 1. The minimum Gasteiger partial charge on any atom is -0.357 e. The molecule has 3 N–H and O–H groups in total. The van der Waals surface area contributed by atoms with E-state index >= 15 is 0 Å². The SMILES string of the molecule is CCNC(=NCCNC(C)(C)C)NC1CCN(C(C)c2ccccc2)CC1. The van der Waals surface area contributed by atoms with Crippen LogP contribution in [0.1, 0.15) is 59.1 Å². The summed E-state index contributed by atoms with van der Waals surface area (Å²) >= 11 is 0. The predicted molar refractivity (Wildman–Crippen MR) is 116 cm³/mol. The molecule has 0 bridgehead atoms. The van der Waals surface area contributed by atoms with E-state index in [1.54, 1.807) is 0 Å². The second kappa shape index (κ2) is 10.7. The van der Waals surface area contributed by atoms with Crippen LogP contribution in [0.3, 0.4) is 0 Å². The summed E-state index contributed by atoms with van der Waals surface area (Å²) in [6.45, 7) is 15.8. The minimum atomic E-state index is 0.142. The zero-order valence-electron chi connectivity index (χ0n) is 17.9. The molecule has 1 atom stereocenters. The number of piperidine rings is 1. The lowest BCUT2D eigenvalue weighted by Gasteiger charge is -2.37. The molecule has 0 aliphatic carbocycles. The van der Waals surface area contributed by atoms with E-state index in [-0.39, 0.29) is 5.54 Å². The van der Waals surface area contributed by atoms with Crippen molar-refractivity contribution in [2.45, 2.75) is 65.1 Å². The van der Waals surface area contributed by atoms with Gasteiger partial charge in [0.05, 0.1) is 6.54 Å². The fourth-order valence-electron chi connectivity index (χ4n) is 3.49. The maximum absolute atomic E-state index is 4.73. The summed E-state index contributed by atoms with van der Waals surface area (Å²) in [7, 11) is 0. The zero-order valence-corrected chi connectivity index (χ0v) is 17.9. The molecule has 5 heteroatoms. The van der Waals surface area contributed by atoms with E-state index in [1.165, 1.54) is 5.56 Å². The van der Waals surface area contributed by atoms with E-state index in [0.717, 1.165) is 51.5 Å². The van der Waals surface area contributed by atoms with Gasteiger partial charge in [0.25, 0.3) is 0 Å². The van der Waals surface area contributed by atoms with Crippen LogP contribution in [0.2, 0.25) is 0 Å². The van der Waals surface area contributed by atoms with Crippen molar-refractivity contribution in [3.05, 3.63) is 35.9 Å². The lowest BCUT2D eigenvalue weighted by Crippen LogP contribution is -2.49. The van der Waals surface area contributed by atoms with Gasteiger partial charge in [-0.25, -0.2) is 0 Å². The Morgan fingerprint density at radius 1 is 1.19 bits per heavy atom. The molecule has 1 aromatic carbocycles. The van der Waals surface area contributed by atoms with Crippen molar-refractivity contribution in [1.29, 1.82) is 0 Å². The number of nitrogens with one attached hydrogen (secondary N) is 3. The standard InChI is InChI=1S/C22H39N5/c1-6-23-21(24-14-15-25-22(3,4)5)26-20-12-16-27(17-13-20)18(2)19-10-8-7-9-11-19/h7-11,18,20,25H,6,12-17H2,1-5H3,(H2,23,24,26). The highest BCUT2D eigenvalue weighted by atomic mass is 15.2. The molecule has 1 aliphatic heterocycles. The van der Waals surface area contributed by atoms with E-state index in [0.29, 0.717) is 12.1 Å². The van der Waals surface area contributed by atoms with Crippen LogP contribution < -0.4 is 16.0 Å². The van der Waals surface area contributed by atoms with E-state index < -0.39 is 0 Å². The largest absolute Gasteiger partial charge is 0.357 e. The lowest BCUT2D eigenvalue weighted by molar-refractivity contribution is 0.158. The number of hydrogen-bond acceptors (Lipinski definition) is 3. The number of hydrogen-bond donors (Lipinski definition) is 3. The second-order valence-corrected chi connectivity index (χ2v) is 8.48. The smallest absolute Gasteiger partial charge is 0.191 e. The van der Waals surface area contributed by atoms with Crippen LogP contribution in [0.15, 0.2) is 35.3 Å². The Labute approximate surface area is 166 Å². The maximum Gasteiger partial charge on any atom is 0.191 e. The molecular formula is C22H39N5. The average Bonchev–Trinajstić information content (AvgIpc) is 2.65. The molecule has 1 aromatic rings. The molecule has 27 heavy (non-hydrogen) atoms. The third-order valence-corrected chi connectivity index (χ3v) is 5.08. The number of nitrogens with zero attached hydrogens (tertiary/aromatic N) is 2. The van der Waals surface area contributed by atoms with Crippen LogP contribution in [-0.4, -0.2) is 55.2 Å². The summed E-state index contributed by atoms with van der Waals surface area (Å²) in [6, 6.07) is 11.8. The van der Waals surface area contributed by atoms with Gasteiger partial charge >= 0.3 is 0 Å². The quantitative estimate of drug-likeness (QED) is 0.390. The summed E-state index contributed by atoms with van der Waals surface area (Å²) in [4.78, 5) is 7.32. The lowest BCUT2D eigenvalue weighted by atomic mass is 10.0. The Morgan fingerprint density at radius 3 is 2.44 bits per heavy atom. The number of rotatable bonds is 7. The Hall–Kier alpha value is -1.59. The fraction of sp³-hybridized carbons (Fsp3) is 0.682. The highest BCUT2D eigenvalue weighted by Gasteiger charge is 2.24. The van der Waals surface area contributed by atoms with Gasteiger partial charge in [0.15, 0.2) is 5.96 Å². The molecule has 1 fully saturated rings.